The smallest absolute Gasteiger partial charge is 0.243 e. The number of anilines is 1. The number of hydrogen-bond donors (Lipinski definition) is 2. The second-order valence-electron chi connectivity index (χ2n) is 6.34. The normalized spacial score (nSPS) is 31.9. The number of carbonyl (C=O) groups excluding carboxylic acids is 1. The number of nitrogens with zero attached hydrogens (tertiary/aromatic N) is 1. The molecule has 0 bridgehead atoms. The molecule has 1 amide bonds. The predicted molar refractivity (Wildman–Crippen MR) is 80.1 cm³/mol. The molecule has 1 saturated heterocycles. The molecule has 20 heavy (non-hydrogen) atoms. The molecule has 4 rings (SSSR count). The van der Waals surface area contributed by atoms with E-state index in [1.54, 1.807) is 11.3 Å². The number of fused-ring (bicyclic) bond motifs is 2. The number of aromatic nitrogens is 1. The highest BCUT2D eigenvalue weighted by Crippen LogP contribution is 2.34. The minimum absolute atomic E-state index is 0.0122. The third-order valence-corrected chi connectivity index (χ3v) is 6.08. The molecule has 108 valence electrons. The van der Waals surface area contributed by atoms with Gasteiger partial charge < -0.3 is 10.6 Å². The summed E-state index contributed by atoms with van der Waals surface area (Å²) < 4.78 is 0. The molecule has 3 aliphatic rings. The molecule has 4 nitrogen and oxygen atoms in total. The highest BCUT2D eigenvalue weighted by molar-refractivity contribution is 7.15. The van der Waals surface area contributed by atoms with Crippen LogP contribution in [0.2, 0.25) is 0 Å². The molecule has 1 aliphatic heterocycles. The van der Waals surface area contributed by atoms with Crippen LogP contribution in [0.5, 0.6) is 0 Å². The minimum Gasteiger partial charge on any atom is -0.303 e. The number of hydrogen-bond acceptors (Lipinski definition) is 4. The molecule has 3 unspecified atom stereocenters. The van der Waals surface area contributed by atoms with Crippen LogP contribution < -0.4 is 10.6 Å². The second kappa shape index (κ2) is 5.11. The molecule has 2 aliphatic carbocycles. The van der Waals surface area contributed by atoms with Gasteiger partial charge in [0.1, 0.15) is 0 Å². The summed E-state index contributed by atoms with van der Waals surface area (Å²) >= 11 is 1.66. The number of amides is 1. The van der Waals surface area contributed by atoms with E-state index < -0.39 is 0 Å². The first-order valence-electron chi connectivity index (χ1n) is 7.85. The van der Waals surface area contributed by atoms with Gasteiger partial charge in [0.2, 0.25) is 5.91 Å². The van der Waals surface area contributed by atoms with Crippen molar-refractivity contribution in [2.75, 3.05) is 5.32 Å². The van der Waals surface area contributed by atoms with Crippen molar-refractivity contribution in [3.63, 3.8) is 0 Å². The second-order valence-corrected chi connectivity index (χ2v) is 7.42. The molecule has 5 heteroatoms. The van der Waals surface area contributed by atoms with E-state index in [9.17, 15) is 4.79 Å². The number of aryl methyl sites for hydroxylation is 2. The van der Waals surface area contributed by atoms with Crippen LogP contribution in [0.4, 0.5) is 5.13 Å². The van der Waals surface area contributed by atoms with E-state index in [1.807, 2.05) is 0 Å². The molecule has 2 fully saturated rings. The number of nitrogens with one attached hydrogen (secondary N) is 2. The minimum atomic E-state index is -0.0122. The Kier molecular flexibility index (Phi) is 3.27. The van der Waals surface area contributed by atoms with Crippen LogP contribution in [-0.4, -0.2) is 23.0 Å². The Morgan fingerprint density at radius 3 is 3.00 bits per heavy atom. The zero-order valence-electron chi connectivity index (χ0n) is 11.7. The van der Waals surface area contributed by atoms with Crippen molar-refractivity contribution in [3.05, 3.63) is 10.6 Å². The standard InChI is InChI=1S/C15H21N3OS/c19-14(12-8-9-4-1-2-5-10(9)16-12)18-15-17-11-6-3-7-13(11)20-15/h9-10,12,16H,1-8H2,(H,17,18,19). The van der Waals surface area contributed by atoms with E-state index in [0.717, 1.165) is 24.4 Å². The first kappa shape index (κ1) is 12.8. The maximum absolute atomic E-state index is 12.4. The molecule has 1 aromatic rings. The van der Waals surface area contributed by atoms with Crippen molar-refractivity contribution in [2.24, 2.45) is 5.92 Å². The highest BCUT2D eigenvalue weighted by atomic mass is 32.1. The van der Waals surface area contributed by atoms with Crippen molar-refractivity contribution < 1.29 is 4.79 Å². The van der Waals surface area contributed by atoms with Gasteiger partial charge in [0.05, 0.1) is 11.7 Å². The van der Waals surface area contributed by atoms with Crippen LogP contribution in [0.25, 0.3) is 0 Å². The van der Waals surface area contributed by atoms with Crippen molar-refractivity contribution in [1.82, 2.24) is 10.3 Å². The molecule has 0 spiro atoms. The lowest BCUT2D eigenvalue weighted by atomic mass is 9.85. The maximum Gasteiger partial charge on any atom is 0.243 e. The van der Waals surface area contributed by atoms with E-state index in [-0.39, 0.29) is 11.9 Å². The number of rotatable bonds is 2. The third kappa shape index (κ3) is 2.27. The molecular formula is C15H21N3OS. The van der Waals surface area contributed by atoms with Crippen molar-refractivity contribution in [3.8, 4) is 0 Å². The summed E-state index contributed by atoms with van der Waals surface area (Å²) in [5, 5.41) is 7.36. The fourth-order valence-electron chi connectivity index (χ4n) is 3.96. The van der Waals surface area contributed by atoms with Crippen LogP contribution in [0.3, 0.4) is 0 Å². The predicted octanol–water partition coefficient (Wildman–Crippen LogP) is 2.49. The molecule has 2 heterocycles. The Morgan fingerprint density at radius 2 is 2.15 bits per heavy atom. The highest BCUT2D eigenvalue weighted by Gasteiger charge is 2.38. The van der Waals surface area contributed by atoms with Crippen LogP contribution in [0.1, 0.15) is 49.1 Å². The van der Waals surface area contributed by atoms with Crippen LogP contribution in [0.15, 0.2) is 0 Å². The fourth-order valence-corrected chi connectivity index (χ4v) is 5.01. The summed E-state index contributed by atoms with van der Waals surface area (Å²) in [7, 11) is 0. The van der Waals surface area contributed by atoms with Gasteiger partial charge in [-0.3, -0.25) is 4.79 Å². The molecule has 0 aromatic carbocycles. The zero-order valence-corrected chi connectivity index (χ0v) is 12.5. The number of carbonyl (C=O) groups is 1. The molecule has 2 N–H and O–H groups in total. The van der Waals surface area contributed by atoms with Crippen molar-refractivity contribution in [2.45, 2.75) is 63.5 Å². The Balaban J connectivity index is 1.40. The number of thiazole rings is 1. The third-order valence-electron chi connectivity index (χ3n) is 5.01. The summed E-state index contributed by atoms with van der Waals surface area (Å²) in [4.78, 5) is 18.3. The maximum atomic E-state index is 12.4. The molecule has 1 aromatic heterocycles. The Morgan fingerprint density at radius 1 is 1.25 bits per heavy atom. The molecular weight excluding hydrogens is 270 g/mol. The van der Waals surface area contributed by atoms with E-state index in [2.05, 4.69) is 15.6 Å². The van der Waals surface area contributed by atoms with Gasteiger partial charge >= 0.3 is 0 Å². The molecule has 0 radical (unpaired) electrons. The summed E-state index contributed by atoms with van der Waals surface area (Å²) in [6.45, 7) is 0. The van der Waals surface area contributed by atoms with Gasteiger partial charge in [0.15, 0.2) is 5.13 Å². The Bertz CT molecular complexity index is 492. The van der Waals surface area contributed by atoms with Gasteiger partial charge in [-0.05, 0) is 44.4 Å². The van der Waals surface area contributed by atoms with Gasteiger partial charge in [0.25, 0.3) is 0 Å². The van der Waals surface area contributed by atoms with Crippen molar-refractivity contribution >= 4 is 22.4 Å². The van der Waals surface area contributed by atoms with E-state index in [0.29, 0.717) is 12.0 Å². The van der Waals surface area contributed by atoms with Gasteiger partial charge in [-0.1, -0.05) is 12.8 Å². The Labute approximate surface area is 123 Å². The lowest BCUT2D eigenvalue weighted by molar-refractivity contribution is -0.117. The van der Waals surface area contributed by atoms with Crippen molar-refractivity contribution in [1.29, 1.82) is 0 Å². The monoisotopic (exact) mass is 291 g/mol. The average molecular weight is 291 g/mol. The van der Waals surface area contributed by atoms with Crippen LogP contribution in [-0.2, 0) is 17.6 Å². The summed E-state index contributed by atoms with van der Waals surface area (Å²) in [6, 6.07) is 0.558. The quantitative estimate of drug-likeness (QED) is 0.880. The van der Waals surface area contributed by atoms with Gasteiger partial charge in [-0.2, -0.15) is 0 Å². The largest absolute Gasteiger partial charge is 0.303 e. The van der Waals surface area contributed by atoms with Gasteiger partial charge in [0, 0.05) is 10.9 Å². The first-order valence-corrected chi connectivity index (χ1v) is 8.67. The van der Waals surface area contributed by atoms with Crippen LogP contribution >= 0.6 is 11.3 Å². The summed E-state index contributed by atoms with van der Waals surface area (Å²) in [5.74, 6) is 0.827. The molecule has 3 atom stereocenters. The molecule has 1 saturated carbocycles. The first-order chi connectivity index (χ1) is 9.79. The zero-order chi connectivity index (χ0) is 13.5. The summed E-state index contributed by atoms with van der Waals surface area (Å²) in [6.07, 6.45) is 9.59. The van der Waals surface area contributed by atoms with Gasteiger partial charge in [-0.15, -0.1) is 11.3 Å². The van der Waals surface area contributed by atoms with Crippen LogP contribution in [0, 0.1) is 5.92 Å². The van der Waals surface area contributed by atoms with E-state index >= 15 is 0 Å². The SMILES string of the molecule is O=C(Nc1nc2c(s1)CCC2)C1CC2CCCCC2N1. The van der Waals surface area contributed by atoms with E-state index in [4.69, 9.17) is 0 Å². The fraction of sp³-hybridized carbons (Fsp3) is 0.733. The topological polar surface area (TPSA) is 54.0 Å². The Hall–Kier alpha value is -0.940. The van der Waals surface area contributed by atoms with Gasteiger partial charge in [-0.25, -0.2) is 4.98 Å². The average Bonchev–Trinajstić information content (AvgIpc) is 3.10. The lowest BCUT2D eigenvalue weighted by Crippen LogP contribution is -2.39. The lowest BCUT2D eigenvalue weighted by Gasteiger charge is -2.24. The summed E-state index contributed by atoms with van der Waals surface area (Å²) in [5.41, 5.74) is 1.21. The van der Waals surface area contributed by atoms with E-state index in [1.165, 1.54) is 42.7 Å².